The monoisotopic (exact) mass is 496 g/mol. The molecule has 0 atom stereocenters. The molecule has 2 N–H and O–H groups in total. The number of carbonyl (C=O) groups is 4. The van der Waals surface area contributed by atoms with Crippen LogP contribution in [0.2, 0.25) is 0 Å². The van der Waals surface area contributed by atoms with Crippen molar-refractivity contribution >= 4 is 29.5 Å². The lowest BCUT2D eigenvalue weighted by Crippen LogP contribution is -2.62. The van der Waals surface area contributed by atoms with Gasteiger partial charge in [0, 0.05) is 25.3 Å². The van der Waals surface area contributed by atoms with Crippen LogP contribution in [0.4, 0.5) is 5.69 Å². The van der Waals surface area contributed by atoms with E-state index in [1.54, 1.807) is 24.8 Å². The van der Waals surface area contributed by atoms with Gasteiger partial charge in [0.15, 0.2) is 0 Å². The van der Waals surface area contributed by atoms with Crippen LogP contribution in [-0.2, 0) is 30.5 Å². The molecule has 0 unspecified atom stereocenters. The number of esters is 1. The molecule has 36 heavy (non-hydrogen) atoms. The molecule has 1 heterocycles. The van der Waals surface area contributed by atoms with Crippen molar-refractivity contribution in [1.29, 1.82) is 0 Å². The van der Waals surface area contributed by atoms with Gasteiger partial charge in [0.25, 0.3) is 5.91 Å². The average Bonchev–Trinajstić information content (AvgIpc) is 2.87. The van der Waals surface area contributed by atoms with Gasteiger partial charge in [0.05, 0.1) is 6.61 Å². The predicted octanol–water partition coefficient (Wildman–Crippen LogP) is 3.35. The first-order valence-corrected chi connectivity index (χ1v) is 11.7. The van der Waals surface area contributed by atoms with E-state index in [9.17, 15) is 9.59 Å². The molecule has 0 spiro atoms. The lowest BCUT2D eigenvalue weighted by Gasteiger charge is -2.46. The number of piperidine rings is 1. The number of nitrogens with zero attached hydrogens (tertiary/aromatic N) is 2. The molecule has 9 heteroatoms. The van der Waals surface area contributed by atoms with Gasteiger partial charge >= 0.3 is 17.9 Å². The van der Waals surface area contributed by atoms with Gasteiger partial charge in [-0.15, -0.1) is 0 Å². The van der Waals surface area contributed by atoms with E-state index in [1.807, 2.05) is 48.5 Å². The fourth-order valence-electron chi connectivity index (χ4n) is 4.09. The van der Waals surface area contributed by atoms with E-state index in [0.717, 1.165) is 6.54 Å². The SMILES string of the molecule is CC=CC(=O)N(c1ccccc1)C1(C(=O)OCC)CCN(Cc2ccccc2)CC1.O=C(O)C(=O)O. The number of anilines is 1. The maximum Gasteiger partial charge on any atom is 0.414 e. The fraction of sp³-hybridized carbons (Fsp3) is 0.333. The number of hydrogen-bond donors (Lipinski definition) is 2. The number of ether oxygens (including phenoxy) is 1. The Kier molecular flexibility index (Phi) is 10.8. The molecule has 0 aliphatic carbocycles. The molecule has 1 aliphatic rings. The molecule has 192 valence electrons. The minimum absolute atomic E-state index is 0.201. The van der Waals surface area contributed by atoms with E-state index >= 15 is 0 Å². The van der Waals surface area contributed by atoms with Crippen LogP contribution in [0.25, 0.3) is 0 Å². The molecule has 0 aromatic heterocycles. The van der Waals surface area contributed by atoms with Crippen molar-refractivity contribution in [3.8, 4) is 0 Å². The molecule has 1 aliphatic heterocycles. The maximum atomic E-state index is 13.2. The number of carboxylic acids is 2. The Morgan fingerprint density at radius 1 is 0.944 bits per heavy atom. The van der Waals surface area contributed by atoms with Crippen molar-refractivity contribution < 1.29 is 34.1 Å². The highest BCUT2D eigenvalue weighted by Crippen LogP contribution is 2.35. The van der Waals surface area contributed by atoms with Gasteiger partial charge < -0.3 is 14.9 Å². The summed E-state index contributed by atoms with van der Waals surface area (Å²) in [4.78, 5) is 48.6. The summed E-state index contributed by atoms with van der Waals surface area (Å²) in [5.41, 5.74) is 0.942. The van der Waals surface area contributed by atoms with Crippen LogP contribution >= 0.6 is 0 Å². The number of carboxylic acid groups (broad SMARTS) is 2. The van der Waals surface area contributed by atoms with Gasteiger partial charge in [-0.3, -0.25) is 14.6 Å². The van der Waals surface area contributed by atoms with Crippen molar-refractivity contribution in [3.63, 3.8) is 0 Å². The van der Waals surface area contributed by atoms with Gasteiger partial charge in [0.2, 0.25) is 0 Å². The van der Waals surface area contributed by atoms with Gasteiger partial charge in [0.1, 0.15) is 5.54 Å². The fourth-order valence-corrected chi connectivity index (χ4v) is 4.09. The first-order chi connectivity index (χ1) is 17.2. The summed E-state index contributed by atoms with van der Waals surface area (Å²) in [7, 11) is 0. The summed E-state index contributed by atoms with van der Waals surface area (Å²) in [5, 5.41) is 14.8. The second-order valence-corrected chi connectivity index (χ2v) is 8.13. The average molecular weight is 497 g/mol. The highest BCUT2D eigenvalue weighted by atomic mass is 16.5. The molecule has 2 aromatic rings. The van der Waals surface area contributed by atoms with Gasteiger partial charge in [-0.1, -0.05) is 54.6 Å². The third-order valence-corrected chi connectivity index (χ3v) is 5.74. The Labute approximate surface area is 210 Å². The van der Waals surface area contributed by atoms with Crippen molar-refractivity contribution in [3.05, 3.63) is 78.4 Å². The Hall–Kier alpha value is -3.98. The Morgan fingerprint density at radius 2 is 1.47 bits per heavy atom. The van der Waals surface area contributed by atoms with E-state index in [0.29, 0.717) is 31.6 Å². The molecular formula is C27H32N2O7. The number of aliphatic carboxylic acids is 2. The number of hydrogen-bond acceptors (Lipinski definition) is 6. The van der Waals surface area contributed by atoms with Crippen molar-refractivity contribution in [2.75, 3.05) is 24.6 Å². The molecule has 0 radical (unpaired) electrons. The van der Waals surface area contributed by atoms with Crippen LogP contribution < -0.4 is 4.90 Å². The standard InChI is InChI=1S/C25H30N2O3.C2H2O4/c1-3-11-23(28)27(22-14-9-6-10-15-22)25(24(29)30-4-2)16-18-26(19-17-25)20-21-12-7-5-8-13-21;3-1(4)2(5)6/h3,5-15H,4,16-20H2,1-2H3;(H,3,4)(H,5,6). The van der Waals surface area contributed by atoms with Crippen LogP contribution in [-0.4, -0.2) is 64.2 Å². The number of amides is 1. The number of carbonyl (C=O) groups excluding carboxylic acids is 2. The summed E-state index contributed by atoms with van der Waals surface area (Å²) < 4.78 is 5.49. The lowest BCUT2D eigenvalue weighted by molar-refractivity contribution is -0.159. The summed E-state index contributed by atoms with van der Waals surface area (Å²) >= 11 is 0. The van der Waals surface area contributed by atoms with E-state index in [2.05, 4.69) is 17.0 Å². The molecule has 2 aromatic carbocycles. The number of benzene rings is 2. The summed E-state index contributed by atoms with van der Waals surface area (Å²) in [6.45, 7) is 6.14. The second-order valence-electron chi connectivity index (χ2n) is 8.13. The van der Waals surface area contributed by atoms with E-state index in [1.165, 1.54) is 11.6 Å². The van der Waals surface area contributed by atoms with Crippen LogP contribution in [0.5, 0.6) is 0 Å². The van der Waals surface area contributed by atoms with Crippen molar-refractivity contribution in [2.24, 2.45) is 0 Å². The zero-order chi connectivity index (χ0) is 26.6. The lowest BCUT2D eigenvalue weighted by atomic mass is 9.84. The minimum Gasteiger partial charge on any atom is -0.473 e. The van der Waals surface area contributed by atoms with E-state index in [-0.39, 0.29) is 18.5 Å². The van der Waals surface area contributed by atoms with Crippen LogP contribution in [0.3, 0.4) is 0 Å². The zero-order valence-electron chi connectivity index (χ0n) is 20.5. The van der Waals surface area contributed by atoms with Gasteiger partial charge in [-0.2, -0.15) is 0 Å². The molecule has 3 rings (SSSR count). The first kappa shape index (κ1) is 28.3. The minimum atomic E-state index is -1.82. The van der Waals surface area contributed by atoms with Crippen LogP contribution in [0, 0.1) is 0 Å². The highest BCUT2D eigenvalue weighted by molar-refractivity contribution is 6.27. The second kappa shape index (κ2) is 13.8. The molecule has 0 bridgehead atoms. The summed E-state index contributed by atoms with van der Waals surface area (Å²) in [6.07, 6.45) is 4.28. The van der Waals surface area contributed by atoms with Crippen molar-refractivity contribution in [1.82, 2.24) is 4.90 Å². The van der Waals surface area contributed by atoms with E-state index in [4.69, 9.17) is 24.5 Å². The Balaban J connectivity index is 0.000000678. The van der Waals surface area contributed by atoms with Crippen molar-refractivity contribution in [2.45, 2.75) is 38.8 Å². The van der Waals surface area contributed by atoms with Crippen LogP contribution in [0.15, 0.2) is 72.8 Å². The maximum absolute atomic E-state index is 13.2. The summed E-state index contributed by atoms with van der Waals surface area (Å²) in [5.74, 6) is -4.18. The zero-order valence-corrected chi connectivity index (χ0v) is 20.5. The Morgan fingerprint density at radius 3 is 1.94 bits per heavy atom. The molecule has 9 nitrogen and oxygen atoms in total. The van der Waals surface area contributed by atoms with Gasteiger partial charge in [-0.05, 0) is 50.5 Å². The third kappa shape index (κ3) is 7.51. The molecular weight excluding hydrogens is 464 g/mol. The molecule has 1 fully saturated rings. The summed E-state index contributed by atoms with van der Waals surface area (Å²) in [6, 6.07) is 19.7. The number of para-hydroxylation sites is 1. The number of allylic oxidation sites excluding steroid dienone is 1. The molecule has 1 amide bonds. The molecule has 1 saturated heterocycles. The molecule has 0 saturated carbocycles. The quantitative estimate of drug-likeness (QED) is 0.340. The smallest absolute Gasteiger partial charge is 0.414 e. The van der Waals surface area contributed by atoms with Gasteiger partial charge in [-0.25, -0.2) is 14.4 Å². The van der Waals surface area contributed by atoms with Crippen LogP contribution in [0.1, 0.15) is 32.3 Å². The topological polar surface area (TPSA) is 124 Å². The van der Waals surface area contributed by atoms with E-state index < -0.39 is 17.5 Å². The predicted molar refractivity (Wildman–Crippen MR) is 134 cm³/mol. The largest absolute Gasteiger partial charge is 0.473 e. The number of rotatable bonds is 7. The number of likely N-dealkylation sites (tertiary alicyclic amines) is 1. The normalized spacial score (nSPS) is 14.8. The first-order valence-electron chi connectivity index (χ1n) is 11.7. The highest BCUT2D eigenvalue weighted by Gasteiger charge is 2.49. The third-order valence-electron chi connectivity index (χ3n) is 5.74. The Bertz CT molecular complexity index is 1030.